The highest BCUT2D eigenvalue weighted by molar-refractivity contribution is 5.80. The molecule has 1 unspecified atom stereocenters. The van der Waals surface area contributed by atoms with Gasteiger partial charge in [0.05, 0.1) is 6.61 Å². The molecule has 2 rings (SSSR count). The van der Waals surface area contributed by atoms with Gasteiger partial charge >= 0.3 is 6.09 Å². The average Bonchev–Trinajstić information content (AvgIpc) is 2.70. The third-order valence-corrected chi connectivity index (χ3v) is 5.58. The van der Waals surface area contributed by atoms with E-state index in [1.807, 2.05) is 25.7 Å². The number of methoxy groups -OCH3 is 1. The van der Waals surface area contributed by atoms with Crippen LogP contribution in [-0.2, 0) is 9.47 Å². The summed E-state index contributed by atoms with van der Waals surface area (Å²) in [7, 11) is 1.76. The Balaban J connectivity index is 1.82. The Morgan fingerprint density at radius 2 is 1.90 bits per heavy atom. The lowest BCUT2D eigenvalue weighted by molar-refractivity contribution is 0.0193. The molecule has 174 valence electrons. The number of hydrogen-bond acceptors (Lipinski definition) is 5. The lowest BCUT2D eigenvalue weighted by Crippen LogP contribution is -2.53. The molecule has 2 aliphatic rings. The molecule has 0 aromatic carbocycles. The number of aliphatic imine (C=N–C) groups is 1. The molecule has 2 N–H and O–H groups in total. The van der Waals surface area contributed by atoms with E-state index in [0.29, 0.717) is 12.5 Å². The molecule has 2 fully saturated rings. The SMILES string of the molecule is CCNC(=NCC1CCN(CCOC)CC1)NC1CCCN(C(=O)OC(C)(C)C)C1. The maximum atomic E-state index is 12.4. The molecule has 30 heavy (non-hydrogen) atoms. The number of amides is 1. The number of piperidine rings is 2. The maximum Gasteiger partial charge on any atom is 0.410 e. The lowest BCUT2D eigenvalue weighted by Gasteiger charge is -2.35. The van der Waals surface area contributed by atoms with Crippen molar-refractivity contribution in [2.75, 3.05) is 59.5 Å². The highest BCUT2D eigenvalue weighted by Crippen LogP contribution is 2.18. The second kappa shape index (κ2) is 12.3. The number of ether oxygens (including phenoxy) is 2. The number of rotatable bonds is 7. The van der Waals surface area contributed by atoms with Crippen LogP contribution in [0, 0.1) is 5.92 Å². The first kappa shape index (κ1) is 24.7. The quantitative estimate of drug-likeness (QED) is 0.481. The van der Waals surface area contributed by atoms with Gasteiger partial charge in [-0.05, 0) is 72.4 Å². The van der Waals surface area contributed by atoms with E-state index in [9.17, 15) is 4.79 Å². The summed E-state index contributed by atoms with van der Waals surface area (Å²) in [6.07, 6.45) is 4.14. The van der Waals surface area contributed by atoms with E-state index in [0.717, 1.165) is 64.7 Å². The number of hydrogen-bond donors (Lipinski definition) is 2. The van der Waals surface area contributed by atoms with Gasteiger partial charge in [-0.15, -0.1) is 0 Å². The van der Waals surface area contributed by atoms with Crippen molar-refractivity contribution in [2.24, 2.45) is 10.9 Å². The Morgan fingerprint density at radius 1 is 1.17 bits per heavy atom. The van der Waals surface area contributed by atoms with Crippen molar-refractivity contribution in [3.8, 4) is 0 Å². The molecule has 0 saturated carbocycles. The fraction of sp³-hybridized carbons (Fsp3) is 0.909. The normalized spacial score (nSPS) is 22.1. The highest BCUT2D eigenvalue weighted by Gasteiger charge is 2.28. The van der Waals surface area contributed by atoms with Gasteiger partial charge in [0.1, 0.15) is 5.60 Å². The van der Waals surface area contributed by atoms with E-state index in [1.54, 1.807) is 7.11 Å². The molecule has 2 aliphatic heterocycles. The topological polar surface area (TPSA) is 78.4 Å². The summed E-state index contributed by atoms with van der Waals surface area (Å²) >= 11 is 0. The van der Waals surface area contributed by atoms with Gasteiger partial charge in [0.2, 0.25) is 0 Å². The summed E-state index contributed by atoms with van der Waals surface area (Å²) in [6.45, 7) is 14.9. The Bertz CT molecular complexity index is 541. The van der Waals surface area contributed by atoms with Gasteiger partial charge in [-0.1, -0.05) is 0 Å². The summed E-state index contributed by atoms with van der Waals surface area (Å²) in [4.78, 5) is 21.6. The summed E-state index contributed by atoms with van der Waals surface area (Å²) in [5, 5.41) is 6.91. The lowest BCUT2D eigenvalue weighted by atomic mass is 9.97. The van der Waals surface area contributed by atoms with E-state index in [4.69, 9.17) is 14.5 Å². The summed E-state index contributed by atoms with van der Waals surface area (Å²) in [5.41, 5.74) is -0.465. The number of guanidine groups is 1. The minimum atomic E-state index is -0.465. The number of nitrogens with one attached hydrogen (secondary N) is 2. The van der Waals surface area contributed by atoms with E-state index < -0.39 is 5.60 Å². The molecule has 8 nitrogen and oxygen atoms in total. The third-order valence-electron chi connectivity index (χ3n) is 5.58. The molecular formula is C22H43N5O3. The molecule has 0 aliphatic carbocycles. The van der Waals surface area contributed by atoms with E-state index in [2.05, 4.69) is 22.5 Å². The van der Waals surface area contributed by atoms with Gasteiger partial charge in [0, 0.05) is 45.9 Å². The Hall–Kier alpha value is -1.54. The molecule has 0 spiro atoms. The van der Waals surface area contributed by atoms with Crippen LogP contribution in [-0.4, -0.2) is 93.0 Å². The van der Waals surface area contributed by atoms with E-state index in [1.165, 1.54) is 12.8 Å². The van der Waals surface area contributed by atoms with Gasteiger partial charge in [0.15, 0.2) is 5.96 Å². The number of carbonyl (C=O) groups is 1. The maximum absolute atomic E-state index is 12.4. The molecule has 0 aromatic heterocycles. The van der Waals surface area contributed by atoms with Crippen molar-refractivity contribution in [1.82, 2.24) is 20.4 Å². The van der Waals surface area contributed by atoms with Gasteiger partial charge in [-0.25, -0.2) is 4.79 Å². The third kappa shape index (κ3) is 9.08. The molecule has 1 amide bonds. The highest BCUT2D eigenvalue weighted by atomic mass is 16.6. The molecule has 2 heterocycles. The number of carbonyl (C=O) groups excluding carboxylic acids is 1. The second-order valence-corrected chi connectivity index (χ2v) is 9.41. The standard InChI is InChI=1S/C22H43N5O3/c1-6-23-20(24-16-18-9-12-26(13-10-18)14-15-29-5)25-19-8-7-11-27(17-19)21(28)30-22(2,3)4/h18-19H,6-17H2,1-5H3,(H2,23,24,25). The fourth-order valence-electron chi connectivity index (χ4n) is 3.93. The first-order valence-electron chi connectivity index (χ1n) is 11.5. The Morgan fingerprint density at radius 3 is 2.53 bits per heavy atom. The molecule has 2 saturated heterocycles. The van der Waals surface area contributed by atoms with Crippen LogP contribution in [0.1, 0.15) is 53.4 Å². The minimum Gasteiger partial charge on any atom is -0.444 e. The van der Waals surface area contributed by atoms with Crippen molar-refractivity contribution in [1.29, 1.82) is 0 Å². The van der Waals surface area contributed by atoms with Crippen molar-refractivity contribution < 1.29 is 14.3 Å². The minimum absolute atomic E-state index is 0.194. The molecule has 1 atom stereocenters. The zero-order valence-corrected chi connectivity index (χ0v) is 19.7. The summed E-state index contributed by atoms with van der Waals surface area (Å²) in [6, 6.07) is 0.194. The monoisotopic (exact) mass is 425 g/mol. The largest absolute Gasteiger partial charge is 0.444 e. The Kier molecular flexibility index (Phi) is 10.2. The first-order chi connectivity index (χ1) is 14.3. The van der Waals surface area contributed by atoms with Crippen molar-refractivity contribution in [3.05, 3.63) is 0 Å². The fourth-order valence-corrected chi connectivity index (χ4v) is 3.93. The molecule has 0 bridgehead atoms. The van der Waals surface area contributed by atoms with Crippen LogP contribution >= 0.6 is 0 Å². The van der Waals surface area contributed by atoms with Gasteiger partial charge < -0.3 is 29.9 Å². The van der Waals surface area contributed by atoms with E-state index in [-0.39, 0.29) is 12.1 Å². The molecule has 0 radical (unpaired) electrons. The molecule has 8 heteroatoms. The zero-order chi connectivity index (χ0) is 22.0. The van der Waals surface area contributed by atoms with Crippen LogP contribution in [0.15, 0.2) is 4.99 Å². The predicted molar refractivity (Wildman–Crippen MR) is 121 cm³/mol. The van der Waals surface area contributed by atoms with Crippen LogP contribution in [0.5, 0.6) is 0 Å². The van der Waals surface area contributed by atoms with Crippen molar-refractivity contribution in [2.45, 2.75) is 65.0 Å². The van der Waals surface area contributed by atoms with Gasteiger partial charge in [0.25, 0.3) is 0 Å². The van der Waals surface area contributed by atoms with Crippen molar-refractivity contribution >= 4 is 12.1 Å². The zero-order valence-electron chi connectivity index (χ0n) is 19.7. The van der Waals surface area contributed by atoms with Gasteiger partial charge in [-0.2, -0.15) is 0 Å². The molecule has 0 aromatic rings. The van der Waals surface area contributed by atoms with E-state index >= 15 is 0 Å². The predicted octanol–water partition coefficient (Wildman–Crippen LogP) is 2.30. The first-order valence-corrected chi connectivity index (χ1v) is 11.5. The summed E-state index contributed by atoms with van der Waals surface area (Å²) < 4.78 is 10.7. The Labute approximate surface area is 182 Å². The summed E-state index contributed by atoms with van der Waals surface area (Å²) in [5.74, 6) is 1.49. The average molecular weight is 426 g/mol. The number of nitrogens with zero attached hydrogens (tertiary/aromatic N) is 3. The van der Waals surface area contributed by atoms with Crippen LogP contribution in [0.4, 0.5) is 4.79 Å². The van der Waals surface area contributed by atoms with Crippen LogP contribution in [0.3, 0.4) is 0 Å². The second-order valence-electron chi connectivity index (χ2n) is 9.41. The molecular weight excluding hydrogens is 382 g/mol. The van der Waals surface area contributed by atoms with Crippen molar-refractivity contribution in [3.63, 3.8) is 0 Å². The van der Waals surface area contributed by atoms with Crippen LogP contribution in [0.25, 0.3) is 0 Å². The van der Waals surface area contributed by atoms with Gasteiger partial charge in [-0.3, -0.25) is 4.99 Å². The number of likely N-dealkylation sites (tertiary alicyclic amines) is 2. The van der Waals surface area contributed by atoms with Crippen LogP contribution < -0.4 is 10.6 Å². The van der Waals surface area contributed by atoms with Crippen LogP contribution in [0.2, 0.25) is 0 Å². The smallest absolute Gasteiger partial charge is 0.410 e.